The van der Waals surface area contributed by atoms with Crippen molar-refractivity contribution in [3.8, 4) is 0 Å². The van der Waals surface area contributed by atoms with Gasteiger partial charge in [-0.1, -0.05) is 18.2 Å². The Hall–Kier alpha value is -1.91. The number of carboxylic acid groups (broad SMARTS) is 1. The van der Waals surface area contributed by atoms with Gasteiger partial charge in [-0.2, -0.15) is 0 Å². The number of nitrogens with zero attached hydrogens (tertiary/aromatic N) is 1. The highest BCUT2D eigenvalue weighted by Crippen LogP contribution is 2.17. The van der Waals surface area contributed by atoms with Crippen LogP contribution >= 0.6 is 0 Å². The van der Waals surface area contributed by atoms with Crippen LogP contribution in [0.2, 0.25) is 0 Å². The van der Waals surface area contributed by atoms with E-state index in [0.29, 0.717) is 0 Å². The van der Waals surface area contributed by atoms with Gasteiger partial charge in [0.05, 0.1) is 12.7 Å². The largest absolute Gasteiger partial charge is 0.481 e. The molecule has 0 spiro atoms. The minimum Gasteiger partial charge on any atom is -0.481 e. The number of carbonyl (C=O) groups is 1. The third kappa shape index (κ3) is 2.26. The summed E-state index contributed by atoms with van der Waals surface area (Å²) in [5.41, 5.74) is -0.384. The second kappa shape index (κ2) is 3.66. The molecule has 0 saturated carbocycles. The van der Waals surface area contributed by atoms with Gasteiger partial charge >= 0.3 is 5.97 Å². The number of hydrogen-bond acceptors (Lipinski definition) is 3. The van der Waals surface area contributed by atoms with Crippen LogP contribution in [0.25, 0.3) is 0 Å². The van der Waals surface area contributed by atoms with Crippen molar-refractivity contribution in [2.45, 2.75) is 6.42 Å². The van der Waals surface area contributed by atoms with Gasteiger partial charge in [0.2, 0.25) is 0 Å². The molecule has 0 aliphatic heterocycles. The van der Waals surface area contributed by atoms with E-state index in [0.717, 1.165) is 0 Å². The normalized spacial score (nSPS) is 10.6. The van der Waals surface area contributed by atoms with Crippen LogP contribution in [0, 0.1) is 10.1 Å². The lowest BCUT2D eigenvalue weighted by molar-refractivity contribution is -0.385. The van der Waals surface area contributed by atoms with Crippen LogP contribution in [0.3, 0.4) is 0 Å². The zero-order chi connectivity index (χ0) is 10.7. The predicted molar refractivity (Wildman–Crippen MR) is 44.4 cm³/mol. The molecule has 13 heavy (non-hydrogen) atoms. The van der Waals surface area contributed by atoms with E-state index in [9.17, 15) is 14.9 Å². The molecule has 0 aliphatic rings. The summed E-state index contributed by atoms with van der Waals surface area (Å²) in [6.45, 7) is 0. The first-order valence-electron chi connectivity index (χ1n) is 3.97. The Morgan fingerprint density at radius 2 is 2.38 bits per heavy atom. The zero-order valence-corrected chi connectivity index (χ0v) is 6.56. The summed E-state index contributed by atoms with van der Waals surface area (Å²) in [4.78, 5) is 20.2. The molecule has 0 saturated heterocycles. The van der Waals surface area contributed by atoms with Gasteiger partial charge in [-0.25, -0.2) is 0 Å². The van der Waals surface area contributed by atoms with Gasteiger partial charge < -0.3 is 5.11 Å². The molecule has 0 bridgehead atoms. The predicted octanol–water partition coefficient (Wildman–Crippen LogP) is 1.22. The Kier molecular flexibility index (Phi) is 2.18. The molecule has 0 atom stereocenters. The maximum atomic E-state index is 10.5. The summed E-state index contributed by atoms with van der Waals surface area (Å²) < 4.78 is 7.33. The van der Waals surface area contributed by atoms with Crippen molar-refractivity contribution in [1.82, 2.24) is 0 Å². The van der Waals surface area contributed by atoms with Crippen LogP contribution in [0.1, 0.15) is 6.93 Å². The molecule has 0 heterocycles. The molecule has 0 unspecified atom stereocenters. The second-order valence-electron chi connectivity index (χ2n) is 2.36. The average Bonchev–Trinajstić information content (AvgIpc) is 2.07. The number of benzene rings is 1. The monoisotopic (exact) mass is 182 g/mol. The number of carboxylic acids is 1. The highest BCUT2D eigenvalue weighted by molar-refractivity contribution is 5.71. The van der Waals surface area contributed by atoms with Gasteiger partial charge in [-0.3, -0.25) is 14.9 Å². The van der Waals surface area contributed by atoms with Crippen LogP contribution in [-0.4, -0.2) is 16.0 Å². The molecule has 0 amide bonds. The lowest BCUT2D eigenvalue weighted by Crippen LogP contribution is -2.03. The first kappa shape index (κ1) is 7.72. The summed E-state index contributed by atoms with van der Waals surface area (Å²) in [5, 5.41) is 19.0. The number of para-hydroxylation sites is 1. The van der Waals surface area contributed by atoms with Crippen molar-refractivity contribution in [3.63, 3.8) is 0 Å². The highest BCUT2D eigenvalue weighted by Gasteiger charge is 2.14. The lowest BCUT2D eigenvalue weighted by atomic mass is 10.1. The lowest BCUT2D eigenvalue weighted by Gasteiger charge is -1.97. The molecule has 5 nitrogen and oxygen atoms in total. The summed E-state index contributed by atoms with van der Waals surface area (Å²) in [6, 6.07) is 3.74. The van der Waals surface area contributed by atoms with Crippen LogP contribution < -0.4 is 0 Å². The molecule has 0 radical (unpaired) electrons. The second-order valence-corrected chi connectivity index (χ2v) is 2.36. The van der Waals surface area contributed by atoms with Crippen LogP contribution in [0.15, 0.2) is 24.2 Å². The summed E-state index contributed by atoms with van der Waals surface area (Å²) >= 11 is 0. The topological polar surface area (TPSA) is 80.4 Å². The third-order valence-electron chi connectivity index (χ3n) is 1.44. The molecule has 68 valence electrons. The molecule has 1 N–H and O–H groups in total. The van der Waals surface area contributed by atoms with E-state index >= 15 is 0 Å². The van der Waals surface area contributed by atoms with E-state index in [1.165, 1.54) is 18.2 Å². The molecular weight excluding hydrogens is 174 g/mol. The third-order valence-corrected chi connectivity index (χ3v) is 1.44. The summed E-state index contributed by atoms with van der Waals surface area (Å²) in [6.07, 6.45) is -0.504. The molecule has 0 aromatic heterocycles. The number of nitro groups is 1. The summed E-state index contributed by atoms with van der Waals surface area (Å²) in [5.74, 6) is -1.19. The standard InChI is InChI=1S/C8H7NO4/c10-8(11)5-6-3-1-2-4-7(6)9(12)13/h1-4H,5H2,(H,10,11)/i3D. The Balaban J connectivity index is 3.22. The van der Waals surface area contributed by atoms with E-state index < -0.39 is 17.3 Å². The molecule has 1 aromatic carbocycles. The van der Waals surface area contributed by atoms with Crippen molar-refractivity contribution < 1.29 is 16.2 Å². The fourth-order valence-electron chi connectivity index (χ4n) is 0.926. The maximum Gasteiger partial charge on any atom is 0.308 e. The van der Waals surface area contributed by atoms with Gasteiger partial charge in [-0.15, -0.1) is 0 Å². The smallest absolute Gasteiger partial charge is 0.308 e. The molecule has 0 fully saturated rings. The van der Waals surface area contributed by atoms with Crippen molar-refractivity contribution in [3.05, 3.63) is 39.9 Å². The number of nitro benzene ring substituents is 1. The molecule has 0 aliphatic carbocycles. The Morgan fingerprint density at radius 3 is 2.92 bits per heavy atom. The van der Waals surface area contributed by atoms with Crippen molar-refractivity contribution in [2.75, 3.05) is 0 Å². The molecular formula is C8H7NO4. The molecule has 1 aromatic rings. The minimum absolute atomic E-state index is 0.0648. The minimum atomic E-state index is -1.19. The highest BCUT2D eigenvalue weighted by atomic mass is 16.6. The van der Waals surface area contributed by atoms with Gasteiger partial charge in [0.15, 0.2) is 0 Å². The quantitative estimate of drug-likeness (QED) is 0.563. The van der Waals surface area contributed by atoms with Gasteiger partial charge in [0.25, 0.3) is 5.69 Å². The maximum absolute atomic E-state index is 10.5. The van der Waals surface area contributed by atoms with E-state index in [2.05, 4.69) is 0 Å². The number of rotatable bonds is 3. The first-order valence-corrected chi connectivity index (χ1v) is 3.47. The molecule has 1 rings (SSSR count). The Morgan fingerprint density at radius 1 is 1.69 bits per heavy atom. The SMILES string of the molecule is [2H]c1cccc([N+](=O)[O-])c1CC(=O)O. The number of aliphatic carboxylic acids is 1. The summed E-state index contributed by atoms with van der Waals surface area (Å²) in [7, 11) is 0. The van der Waals surface area contributed by atoms with Crippen LogP contribution in [0.5, 0.6) is 0 Å². The first-order chi connectivity index (χ1) is 6.52. The number of hydrogen-bond donors (Lipinski definition) is 1. The van der Waals surface area contributed by atoms with Crippen molar-refractivity contribution >= 4 is 11.7 Å². The van der Waals surface area contributed by atoms with Crippen molar-refractivity contribution in [2.24, 2.45) is 0 Å². The van der Waals surface area contributed by atoms with E-state index in [1.54, 1.807) is 0 Å². The van der Waals surface area contributed by atoms with Crippen molar-refractivity contribution in [1.29, 1.82) is 0 Å². The van der Waals surface area contributed by atoms with Crippen LogP contribution in [-0.2, 0) is 11.2 Å². The van der Waals surface area contributed by atoms with Crippen LogP contribution in [0.4, 0.5) is 5.69 Å². The van der Waals surface area contributed by atoms with Gasteiger partial charge in [0, 0.05) is 11.6 Å². The van der Waals surface area contributed by atoms with E-state index in [4.69, 9.17) is 6.48 Å². The van der Waals surface area contributed by atoms with Gasteiger partial charge in [0.1, 0.15) is 0 Å². The van der Waals surface area contributed by atoms with E-state index in [-0.39, 0.29) is 17.3 Å². The zero-order valence-electron chi connectivity index (χ0n) is 7.56. The van der Waals surface area contributed by atoms with Gasteiger partial charge in [-0.05, 0) is 0 Å². The Bertz CT molecular complexity index is 391. The molecule has 5 heteroatoms. The average molecular weight is 182 g/mol. The van der Waals surface area contributed by atoms with E-state index in [1.807, 2.05) is 0 Å². The fourth-order valence-corrected chi connectivity index (χ4v) is 0.926. The fraction of sp³-hybridized carbons (Fsp3) is 0.125. The Labute approximate surface area is 75.2 Å².